The quantitative estimate of drug-likeness (QED) is 0.741. The van der Waals surface area contributed by atoms with Crippen LogP contribution in [0.15, 0.2) is 0 Å². The molecule has 0 spiro atoms. The van der Waals surface area contributed by atoms with Crippen LogP contribution in [0, 0.1) is 11.3 Å². The van der Waals surface area contributed by atoms with Crippen molar-refractivity contribution in [2.45, 2.75) is 71.3 Å². The predicted octanol–water partition coefficient (Wildman–Crippen LogP) is 3.37. The SMILES string of the molecule is CC1CCCN(C(C)CNC(=O)CC2(CN)CCCCC2)C1.Cl.Cl. The van der Waals surface area contributed by atoms with Gasteiger partial charge in [-0.15, -0.1) is 24.8 Å². The molecule has 1 saturated heterocycles. The summed E-state index contributed by atoms with van der Waals surface area (Å²) in [6.07, 6.45) is 9.25. The number of nitrogens with two attached hydrogens (primary N) is 1. The Morgan fingerprint density at radius 2 is 1.92 bits per heavy atom. The molecule has 0 radical (unpaired) electrons. The lowest BCUT2D eigenvalue weighted by Gasteiger charge is -2.37. The number of rotatable bonds is 6. The van der Waals surface area contributed by atoms with E-state index in [-0.39, 0.29) is 36.1 Å². The number of piperidine rings is 1. The molecule has 1 aliphatic heterocycles. The molecule has 24 heavy (non-hydrogen) atoms. The van der Waals surface area contributed by atoms with Crippen LogP contribution in [-0.2, 0) is 4.79 Å². The summed E-state index contributed by atoms with van der Waals surface area (Å²) in [4.78, 5) is 14.9. The fourth-order valence-corrected chi connectivity index (χ4v) is 4.17. The van der Waals surface area contributed by atoms with Crippen molar-refractivity contribution in [3.63, 3.8) is 0 Å². The van der Waals surface area contributed by atoms with Crippen LogP contribution in [0.1, 0.15) is 65.2 Å². The van der Waals surface area contributed by atoms with Gasteiger partial charge in [0.15, 0.2) is 0 Å². The molecule has 3 N–H and O–H groups in total. The molecule has 0 bridgehead atoms. The van der Waals surface area contributed by atoms with E-state index in [1.807, 2.05) is 0 Å². The van der Waals surface area contributed by atoms with Crippen LogP contribution in [0.5, 0.6) is 0 Å². The maximum Gasteiger partial charge on any atom is 0.220 e. The lowest BCUT2D eigenvalue weighted by molar-refractivity contribution is -0.124. The molecule has 2 atom stereocenters. The van der Waals surface area contributed by atoms with Crippen molar-refractivity contribution in [2.75, 3.05) is 26.2 Å². The van der Waals surface area contributed by atoms with Crippen molar-refractivity contribution in [3.05, 3.63) is 0 Å². The van der Waals surface area contributed by atoms with Gasteiger partial charge in [-0.05, 0) is 57.0 Å². The standard InChI is InChI=1S/C18H35N3O.2ClH/c1-15-7-6-10-21(13-15)16(2)12-20-17(22)11-18(14-19)8-4-3-5-9-18;;/h15-16H,3-14,19H2,1-2H3,(H,20,22);2*1H. The number of amides is 1. The van der Waals surface area contributed by atoms with Crippen LogP contribution in [0.3, 0.4) is 0 Å². The Morgan fingerprint density at radius 1 is 1.25 bits per heavy atom. The molecule has 2 aliphatic rings. The highest BCUT2D eigenvalue weighted by Crippen LogP contribution is 2.38. The maximum absolute atomic E-state index is 12.3. The predicted molar refractivity (Wildman–Crippen MR) is 106 cm³/mol. The summed E-state index contributed by atoms with van der Waals surface area (Å²) >= 11 is 0. The van der Waals surface area contributed by atoms with Gasteiger partial charge in [-0.1, -0.05) is 26.2 Å². The van der Waals surface area contributed by atoms with Gasteiger partial charge in [-0.2, -0.15) is 0 Å². The van der Waals surface area contributed by atoms with Crippen molar-refractivity contribution in [1.82, 2.24) is 10.2 Å². The highest BCUT2D eigenvalue weighted by molar-refractivity contribution is 5.85. The van der Waals surface area contributed by atoms with Crippen molar-refractivity contribution in [1.29, 1.82) is 0 Å². The topological polar surface area (TPSA) is 58.4 Å². The van der Waals surface area contributed by atoms with Gasteiger partial charge in [0.2, 0.25) is 5.91 Å². The first-order valence-electron chi connectivity index (χ1n) is 9.25. The summed E-state index contributed by atoms with van der Waals surface area (Å²) in [6.45, 7) is 8.33. The van der Waals surface area contributed by atoms with Crippen molar-refractivity contribution in [3.8, 4) is 0 Å². The van der Waals surface area contributed by atoms with Gasteiger partial charge < -0.3 is 11.1 Å². The summed E-state index contributed by atoms with van der Waals surface area (Å²) in [5.41, 5.74) is 6.06. The average Bonchev–Trinajstić information content (AvgIpc) is 2.53. The van der Waals surface area contributed by atoms with Gasteiger partial charge in [-0.3, -0.25) is 9.69 Å². The molecular weight excluding hydrogens is 345 g/mol. The number of carbonyl (C=O) groups excluding carboxylic acids is 1. The molecule has 0 aromatic carbocycles. The zero-order valence-corrected chi connectivity index (χ0v) is 17.0. The van der Waals surface area contributed by atoms with E-state index in [1.54, 1.807) is 0 Å². The van der Waals surface area contributed by atoms with E-state index in [0.29, 0.717) is 19.0 Å². The lowest BCUT2D eigenvalue weighted by atomic mass is 9.71. The normalized spacial score (nSPS) is 25.0. The van der Waals surface area contributed by atoms with E-state index in [1.165, 1.54) is 45.2 Å². The van der Waals surface area contributed by atoms with Crippen LogP contribution < -0.4 is 11.1 Å². The molecule has 2 rings (SSSR count). The second-order valence-corrected chi connectivity index (χ2v) is 7.84. The lowest BCUT2D eigenvalue weighted by Crippen LogP contribution is -2.47. The fraction of sp³-hybridized carbons (Fsp3) is 0.944. The number of carbonyl (C=O) groups is 1. The number of nitrogens with one attached hydrogen (secondary N) is 1. The second-order valence-electron chi connectivity index (χ2n) is 7.84. The number of halogens is 2. The van der Waals surface area contributed by atoms with Crippen LogP contribution >= 0.6 is 24.8 Å². The highest BCUT2D eigenvalue weighted by atomic mass is 35.5. The Morgan fingerprint density at radius 3 is 2.50 bits per heavy atom. The summed E-state index contributed by atoms with van der Waals surface area (Å²) in [5.74, 6) is 0.985. The first-order chi connectivity index (χ1) is 10.5. The summed E-state index contributed by atoms with van der Waals surface area (Å²) in [6, 6.07) is 0.437. The van der Waals surface area contributed by atoms with Crippen molar-refractivity contribution in [2.24, 2.45) is 17.1 Å². The number of hydrogen-bond donors (Lipinski definition) is 2. The molecule has 1 heterocycles. The second kappa shape index (κ2) is 11.6. The maximum atomic E-state index is 12.3. The molecule has 2 unspecified atom stereocenters. The largest absolute Gasteiger partial charge is 0.355 e. The summed E-state index contributed by atoms with van der Waals surface area (Å²) in [5, 5.41) is 3.16. The smallest absolute Gasteiger partial charge is 0.220 e. The van der Waals surface area contributed by atoms with Crippen LogP contribution in [0.25, 0.3) is 0 Å². The third-order valence-corrected chi connectivity index (χ3v) is 5.79. The van der Waals surface area contributed by atoms with Crippen LogP contribution in [0.4, 0.5) is 0 Å². The number of nitrogens with zero attached hydrogens (tertiary/aromatic N) is 1. The zero-order chi connectivity index (χ0) is 16.0. The number of likely N-dealkylation sites (tertiary alicyclic amines) is 1. The molecule has 0 aromatic heterocycles. The van der Waals surface area contributed by atoms with E-state index in [0.717, 1.165) is 25.3 Å². The van der Waals surface area contributed by atoms with Gasteiger partial charge in [0, 0.05) is 25.6 Å². The van der Waals surface area contributed by atoms with Crippen molar-refractivity contribution < 1.29 is 4.79 Å². The molecule has 144 valence electrons. The van der Waals surface area contributed by atoms with Gasteiger partial charge in [0.25, 0.3) is 0 Å². The Kier molecular flexibility index (Phi) is 11.5. The molecular formula is C18H37Cl2N3O. The average molecular weight is 382 g/mol. The summed E-state index contributed by atoms with van der Waals surface area (Å²) < 4.78 is 0. The Hall–Kier alpha value is -0.0300. The minimum atomic E-state index is 0. The zero-order valence-electron chi connectivity index (χ0n) is 15.4. The minimum absolute atomic E-state index is 0. The highest BCUT2D eigenvalue weighted by Gasteiger charge is 2.33. The van der Waals surface area contributed by atoms with Crippen LogP contribution in [-0.4, -0.2) is 43.0 Å². The molecule has 1 saturated carbocycles. The molecule has 2 fully saturated rings. The van der Waals surface area contributed by atoms with Gasteiger partial charge in [0.05, 0.1) is 0 Å². The molecule has 4 nitrogen and oxygen atoms in total. The Labute approximate surface area is 160 Å². The monoisotopic (exact) mass is 381 g/mol. The van der Waals surface area contributed by atoms with E-state index in [4.69, 9.17) is 5.73 Å². The number of hydrogen-bond acceptors (Lipinski definition) is 3. The third kappa shape index (κ3) is 7.07. The van der Waals surface area contributed by atoms with Gasteiger partial charge >= 0.3 is 0 Å². The molecule has 1 aliphatic carbocycles. The fourth-order valence-electron chi connectivity index (χ4n) is 4.17. The van der Waals surface area contributed by atoms with Gasteiger partial charge in [-0.25, -0.2) is 0 Å². The first kappa shape index (κ1) is 24.0. The van der Waals surface area contributed by atoms with E-state index in [9.17, 15) is 4.79 Å². The molecule has 1 amide bonds. The van der Waals surface area contributed by atoms with E-state index < -0.39 is 0 Å². The minimum Gasteiger partial charge on any atom is -0.355 e. The Bertz CT molecular complexity index is 362. The van der Waals surface area contributed by atoms with Crippen molar-refractivity contribution >= 4 is 30.7 Å². The molecule has 0 aromatic rings. The third-order valence-electron chi connectivity index (χ3n) is 5.79. The first-order valence-corrected chi connectivity index (χ1v) is 9.25. The van der Waals surface area contributed by atoms with E-state index in [2.05, 4.69) is 24.1 Å². The van der Waals surface area contributed by atoms with E-state index >= 15 is 0 Å². The molecule has 6 heteroatoms. The van der Waals surface area contributed by atoms with Crippen LogP contribution in [0.2, 0.25) is 0 Å². The summed E-state index contributed by atoms with van der Waals surface area (Å²) in [7, 11) is 0. The Balaban J connectivity index is 0.00000264. The van der Waals surface area contributed by atoms with Gasteiger partial charge in [0.1, 0.15) is 0 Å².